The van der Waals surface area contributed by atoms with E-state index in [2.05, 4.69) is 4.74 Å². The van der Waals surface area contributed by atoms with Crippen LogP contribution in [0, 0.1) is 0 Å². The summed E-state index contributed by atoms with van der Waals surface area (Å²) in [5.74, 6) is -12.6. The molecule has 1 unspecified atom stereocenters. The Balaban J connectivity index is 1.84. The SMILES string of the molecule is COC(=O)C(=O)c1c(O)cc(O)c(C23O[C@@]2(c2ccc(O)c(O)c2)Oc2cc(O)cc(O)c2C3=O)c1O. The smallest absolute Gasteiger partial charge is 0.379 e. The number of ether oxygens (including phenoxy) is 3. The van der Waals surface area contributed by atoms with Crippen LogP contribution < -0.4 is 4.74 Å². The van der Waals surface area contributed by atoms with Gasteiger partial charge >= 0.3 is 5.97 Å². The Hall–Kier alpha value is -5.17. The number of rotatable bonds is 4. The molecule has 3 aromatic rings. The Labute approximate surface area is 205 Å². The van der Waals surface area contributed by atoms with Crippen LogP contribution in [0.1, 0.15) is 31.8 Å². The molecule has 5 rings (SSSR count). The van der Waals surface area contributed by atoms with E-state index in [9.17, 15) is 50.1 Å². The predicted molar refractivity (Wildman–Crippen MR) is 117 cm³/mol. The second-order valence-electron chi connectivity index (χ2n) is 8.21. The van der Waals surface area contributed by atoms with Crippen LogP contribution in [0.5, 0.6) is 46.0 Å². The number of hydrogen-bond donors (Lipinski definition) is 7. The Morgan fingerprint density at radius 1 is 0.838 bits per heavy atom. The molecule has 0 bridgehead atoms. The van der Waals surface area contributed by atoms with E-state index in [1.807, 2.05) is 0 Å². The topological polar surface area (TPSA) is 224 Å². The molecule has 37 heavy (non-hydrogen) atoms. The molecule has 2 atom stereocenters. The van der Waals surface area contributed by atoms with E-state index in [1.54, 1.807) is 0 Å². The minimum Gasteiger partial charge on any atom is -0.508 e. The highest BCUT2D eigenvalue weighted by Crippen LogP contribution is 2.71. The van der Waals surface area contributed by atoms with Crippen molar-refractivity contribution in [3.05, 3.63) is 58.7 Å². The van der Waals surface area contributed by atoms with Gasteiger partial charge in [-0.05, 0) is 18.2 Å². The van der Waals surface area contributed by atoms with Gasteiger partial charge in [-0.1, -0.05) is 0 Å². The summed E-state index contributed by atoms with van der Waals surface area (Å²) in [7, 11) is 0.869. The van der Waals surface area contributed by atoms with Gasteiger partial charge in [-0.15, -0.1) is 0 Å². The lowest BCUT2D eigenvalue weighted by molar-refractivity contribution is -0.135. The molecule has 2 aliphatic heterocycles. The average Bonchev–Trinajstić information content (AvgIpc) is 3.50. The number of phenolic OH excluding ortho intramolecular Hbond substituents is 7. The van der Waals surface area contributed by atoms with Crippen LogP contribution in [-0.4, -0.2) is 60.4 Å². The number of Topliss-reactive ketones (excluding diaryl/α,β-unsaturated/α-hetero) is 2. The summed E-state index contributed by atoms with van der Waals surface area (Å²) in [4.78, 5) is 38.3. The highest BCUT2D eigenvalue weighted by molar-refractivity contribution is 6.42. The summed E-state index contributed by atoms with van der Waals surface area (Å²) in [5, 5.41) is 72.1. The zero-order valence-corrected chi connectivity index (χ0v) is 18.5. The summed E-state index contributed by atoms with van der Waals surface area (Å²) in [5.41, 5.74) is -5.10. The van der Waals surface area contributed by atoms with Gasteiger partial charge in [0.2, 0.25) is 11.4 Å². The van der Waals surface area contributed by atoms with Crippen molar-refractivity contribution in [1.82, 2.24) is 0 Å². The van der Waals surface area contributed by atoms with Gasteiger partial charge in [0.1, 0.15) is 45.6 Å². The minimum atomic E-state index is -2.56. The summed E-state index contributed by atoms with van der Waals surface area (Å²) < 4.78 is 15.9. The van der Waals surface area contributed by atoms with Gasteiger partial charge < -0.3 is 50.0 Å². The Kier molecular flexibility index (Phi) is 4.72. The van der Waals surface area contributed by atoms with Crippen molar-refractivity contribution in [2.45, 2.75) is 11.4 Å². The fourth-order valence-corrected chi connectivity index (χ4v) is 4.49. The number of benzene rings is 3. The standard InChI is InChI=1S/C24H16O13/c1-35-22(34)20(32)17-13(29)7-14(30)18(19(17)31)23-21(33)16-12(28)5-9(25)6-15(16)36-24(23,37-23)8-2-3-10(26)11(27)4-8/h2-7,25-31H,1H3/t23?,24-/m1/s1. The molecule has 0 spiro atoms. The van der Waals surface area contributed by atoms with Crippen molar-refractivity contribution in [2.75, 3.05) is 7.11 Å². The maximum absolute atomic E-state index is 13.9. The predicted octanol–water partition coefficient (Wildman–Crippen LogP) is 1.34. The summed E-state index contributed by atoms with van der Waals surface area (Å²) in [6.07, 6.45) is 0. The van der Waals surface area contributed by atoms with Crippen molar-refractivity contribution in [1.29, 1.82) is 0 Å². The van der Waals surface area contributed by atoms with E-state index in [0.29, 0.717) is 6.07 Å². The molecule has 1 saturated heterocycles. The van der Waals surface area contributed by atoms with E-state index in [-0.39, 0.29) is 11.3 Å². The molecule has 3 aromatic carbocycles. The zero-order valence-electron chi connectivity index (χ0n) is 18.5. The third kappa shape index (κ3) is 2.91. The van der Waals surface area contributed by atoms with Crippen molar-refractivity contribution in [2.24, 2.45) is 0 Å². The molecule has 0 aliphatic carbocycles. The van der Waals surface area contributed by atoms with Crippen LogP contribution in [0.25, 0.3) is 0 Å². The molecule has 13 heteroatoms. The molecule has 1 fully saturated rings. The fourth-order valence-electron chi connectivity index (χ4n) is 4.49. The normalized spacial score (nSPS) is 21.4. The van der Waals surface area contributed by atoms with Crippen LogP contribution >= 0.6 is 0 Å². The molecule has 13 nitrogen and oxygen atoms in total. The van der Waals surface area contributed by atoms with Crippen LogP contribution in [0.15, 0.2) is 36.4 Å². The van der Waals surface area contributed by atoms with Crippen molar-refractivity contribution in [3.63, 3.8) is 0 Å². The molecule has 190 valence electrons. The quantitative estimate of drug-likeness (QED) is 0.0862. The molecule has 0 saturated carbocycles. The molecule has 7 N–H and O–H groups in total. The van der Waals surface area contributed by atoms with E-state index in [0.717, 1.165) is 31.4 Å². The number of aromatic hydroxyl groups is 7. The first-order chi connectivity index (χ1) is 17.4. The molecule has 0 radical (unpaired) electrons. The Bertz CT molecular complexity index is 1560. The van der Waals surface area contributed by atoms with E-state index < -0.39 is 85.9 Å². The van der Waals surface area contributed by atoms with E-state index in [4.69, 9.17) is 9.47 Å². The fraction of sp³-hybridized carbons (Fsp3) is 0.125. The lowest BCUT2D eigenvalue weighted by Gasteiger charge is -2.29. The molecule has 2 aliphatic rings. The lowest BCUT2D eigenvalue weighted by Crippen LogP contribution is -2.39. The zero-order chi connectivity index (χ0) is 27.0. The molecule has 0 amide bonds. The van der Waals surface area contributed by atoms with Crippen molar-refractivity contribution < 1.29 is 64.3 Å². The number of fused-ring (bicyclic) bond motifs is 2. The second-order valence-corrected chi connectivity index (χ2v) is 8.21. The summed E-state index contributed by atoms with van der Waals surface area (Å²) >= 11 is 0. The number of hydrogen-bond acceptors (Lipinski definition) is 13. The van der Waals surface area contributed by atoms with Crippen LogP contribution in [-0.2, 0) is 25.7 Å². The number of epoxide rings is 1. The second kappa shape index (κ2) is 7.41. The minimum absolute atomic E-state index is 0.141. The monoisotopic (exact) mass is 512 g/mol. The third-order valence-corrected chi connectivity index (χ3v) is 6.15. The number of ketones is 2. The van der Waals surface area contributed by atoms with Crippen molar-refractivity contribution >= 4 is 17.5 Å². The van der Waals surface area contributed by atoms with Crippen LogP contribution in [0.2, 0.25) is 0 Å². The maximum Gasteiger partial charge on any atom is 0.379 e. The van der Waals surface area contributed by atoms with Crippen LogP contribution in [0.4, 0.5) is 0 Å². The number of carbonyl (C=O) groups is 3. The number of methoxy groups -OCH3 is 1. The third-order valence-electron chi connectivity index (χ3n) is 6.15. The Morgan fingerprint density at radius 2 is 1.54 bits per heavy atom. The lowest BCUT2D eigenvalue weighted by atomic mass is 9.78. The van der Waals surface area contributed by atoms with Gasteiger partial charge in [-0.3, -0.25) is 9.59 Å². The number of phenols is 7. The van der Waals surface area contributed by atoms with Gasteiger partial charge in [-0.2, -0.15) is 0 Å². The van der Waals surface area contributed by atoms with Crippen LogP contribution in [0.3, 0.4) is 0 Å². The molecular weight excluding hydrogens is 496 g/mol. The maximum atomic E-state index is 13.9. The largest absolute Gasteiger partial charge is 0.508 e. The van der Waals surface area contributed by atoms with Gasteiger partial charge in [0.05, 0.1) is 12.7 Å². The number of carbonyl (C=O) groups excluding carboxylic acids is 3. The van der Waals surface area contributed by atoms with E-state index >= 15 is 0 Å². The highest BCUT2D eigenvalue weighted by atomic mass is 16.8. The summed E-state index contributed by atoms with van der Waals surface area (Å²) in [6.45, 7) is 0. The first-order valence-electron chi connectivity index (χ1n) is 10.3. The highest BCUT2D eigenvalue weighted by Gasteiger charge is 2.83. The van der Waals surface area contributed by atoms with Gasteiger partial charge in [0, 0.05) is 23.8 Å². The molecule has 2 heterocycles. The average molecular weight is 512 g/mol. The molecular formula is C24H16O13. The first kappa shape index (κ1) is 23.6. The Morgan fingerprint density at radius 3 is 2.19 bits per heavy atom. The molecule has 0 aromatic heterocycles. The van der Waals surface area contributed by atoms with E-state index in [1.165, 1.54) is 6.07 Å². The van der Waals surface area contributed by atoms with Gasteiger partial charge in [0.15, 0.2) is 11.5 Å². The number of esters is 1. The van der Waals surface area contributed by atoms with Crippen molar-refractivity contribution in [3.8, 4) is 46.0 Å². The summed E-state index contributed by atoms with van der Waals surface area (Å²) in [6, 6.07) is 5.51. The first-order valence-corrected chi connectivity index (χ1v) is 10.3. The van der Waals surface area contributed by atoms with Gasteiger partial charge in [0.25, 0.3) is 11.6 Å². The van der Waals surface area contributed by atoms with Gasteiger partial charge in [-0.25, -0.2) is 4.79 Å².